The van der Waals surface area contributed by atoms with Gasteiger partial charge in [-0.1, -0.05) is 13.0 Å². The molecule has 5 rings (SSSR count). The van der Waals surface area contributed by atoms with Crippen molar-refractivity contribution < 1.29 is 23.9 Å². The Morgan fingerprint density at radius 3 is 2.60 bits per heavy atom. The second kappa shape index (κ2) is 8.48. The number of fused-ring (bicyclic) bond motifs is 1. The Bertz CT molecular complexity index is 1220. The first kappa shape index (κ1) is 23.0. The van der Waals surface area contributed by atoms with Crippen molar-refractivity contribution in [2.75, 3.05) is 32.1 Å². The van der Waals surface area contributed by atoms with E-state index in [1.165, 1.54) is 16.0 Å². The van der Waals surface area contributed by atoms with E-state index in [4.69, 9.17) is 4.74 Å². The monoisotopic (exact) mass is 476 g/mol. The van der Waals surface area contributed by atoms with Gasteiger partial charge in [0.15, 0.2) is 11.9 Å². The molecule has 2 fully saturated rings. The van der Waals surface area contributed by atoms with Gasteiger partial charge in [0.25, 0.3) is 11.8 Å². The van der Waals surface area contributed by atoms with E-state index in [2.05, 4.69) is 4.98 Å². The summed E-state index contributed by atoms with van der Waals surface area (Å²) in [5.74, 6) is -0.0660. The molecule has 1 atom stereocenters. The zero-order valence-corrected chi connectivity index (χ0v) is 20.1. The van der Waals surface area contributed by atoms with Crippen LogP contribution in [0.5, 0.6) is 5.75 Å². The van der Waals surface area contributed by atoms with Crippen LogP contribution in [0.25, 0.3) is 0 Å². The van der Waals surface area contributed by atoms with Gasteiger partial charge >= 0.3 is 0 Å². The summed E-state index contributed by atoms with van der Waals surface area (Å²) >= 11 is 0. The number of carbonyl (C=O) groups excluding carboxylic acids is 4. The Balaban J connectivity index is 1.24. The van der Waals surface area contributed by atoms with Crippen LogP contribution in [0.2, 0.25) is 0 Å². The zero-order chi connectivity index (χ0) is 24.9. The first-order valence-electron chi connectivity index (χ1n) is 11.8. The Morgan fingerprint density at radius 2 is 1.94 bits per heavy atom. The molecule has 1 saturated heterocycles. The van der Waals surface area contributed by atoms with E-state index in [-0.39, 0.29) is 35.5 Å². The number of likely N-dealkylation sites (N-methyl/N-ethyl adjacent to an activating group) is 1. The Kier molecular flexibility index (Phi) is 5.57. The van der Waals surface area contributed by atoms with Gasteiger partial charge in [0.2, 0.25) is 5.91 Å². The van der Waals surface area contributed by atoms with Gasteiger partial charge in [-0.15, -0.1) is 0 Å². The number of benzene rings is 1. The molecule has 0 unspecified atom stereocenters. The third kappa shape index (κ3) is 4.26. The van der Waals surface area contributed by atoms with Crippen LogP contribution in [-0.2, 0) is 16.1 Å². The maximum absolute atomic E-state index is 13.1. The van der Waals surface area contributed by atoms with Gasteiger partial charge in [-0.2, -0.15) is 0 Å². The number of ether oxygens (including phenoxy) is 1. The molecule has 1 aromatic heterocycles. The topological polar surface area (TPSA) is 100 Å². The largest absolute Gasteiger partial charge is 0.479 e. The van der Waals surface area contributed by atoms with Crippen LogP contribution >= 0.6 is 0 Å². The number of amides is 3. The molecule has 3 amide bonds. The highest BCUT2D eigenvalue weighted by atomic mass is 16.5. The minimum atomic E-state index is -0.669. The first-order chi connectivity index (χ1) is 16.7. The van der Waals surface area contributed by atoms with Gasteiger partial charge < -0.3 is 19.4 Å². The Labute approximate surface area is 203 Å². The highest BCUT2D eigenvalue weighted by Gasteiger charge is 2.45. The second-order valence-corrected chi connectivity index (χ2v) is 9.94. The molecule has 0 radical (unpaired) electrons. The lowest BCUT2D eigenvalue weighted by atomic mass is 10.0. The minimum absolute atomic E-state index is 0.0199. The fourth-order valence-electron chi connectivity index (χ4n) is 4.44. The highest BCUT2D eigenvalue weighted by molar-refractivity contribution is 6.04. The fraction of sp³-hybridized carbons (Fsp3) is 0.423. The fourth-order valence-corrected chi connectivity index (χ4v) is 4.44. The number of ketones is 1. The molecule has 3 aliphatic rings. The van der Waals surface area contributed by atoms with Crippen molar-refractivity contribution in [3.63, 3.8) is 0 Å². The molecule has 182 valence electrons. The standard InChI is InChI=1S/C26H28N4O5/c1-26(9-10-26)23(32)20-7-6-18(13-27-20)35-21-8-11-30(25(21)34)17-5-4-16-14-29(15-22(31)28(2)3)24(33)19(16)12-17/h4-7,12-13,21H,8-11,14-15H2,1-3H3/t21-/m1/s1. The van der Waals surface area contributed by atoms with Crippen molar-refractivity contribution in [3.8, 4) is 5.75 Å². The van der Waals surface area contributed by atoms with E-state index < -0.39 is 6.10 Å². The lowest BCUT2D eigenvalue weighted by Gasteiger charge is -2.18. The average molecular weight is 477 g/mol. The number of hydrogen-bond acceptors (Lipinski definition) is 6. The van der Waals surface area contributed by atoms with Crippen LogP contribution in [0.4, 0.5) is 5.69 Å². The number of aromatic nitrogens is 1. The van der Waals surface area contributed by atoms with Crippen molar-refractivity contribution in [2.24, 2.45) is 5.41 Å². The molecular formula is C26H28N4O5. The number of nitrogens with zero attached hydrogens (tertiary/aromatic N) is 4. The third-order valence-electron chi connectivity index (χ3n) is 7.06. The van der Waals surface area contributed by atoms with E-state index in [0.717, 1.165) is 18.4 Å². The predicted octanol–water partition coefficient (Wildman–Crippen LogP) is 2.29. The molecule has 1 aliphatic carbocycles. The van der Waals surface area contributed by atoms with E-state index >= 15 is 0 Å². The van der Waals surface area contributed by atoms with Gasteiger partial charge in [-0.3, -0.25) is 19.2 Å². The molecule has 9 heteroatoms. The van der Waals surface area contributed by atoms with Gasteiger partial charge in [-0.05, 0) is 42.7 Å². The summed E-state index contributed by atoms with van der Waals surface area (Å²) < 4.78 is 5.89. The maximum Gasteiger partial charge on any atom is 0.268 e. The van der Waals surface area contributed by atoms with Crippen molar-refractivity contribution in [2.45, 2.75) is 38.8 Å². The van der Waals surface area contributed by atoms with E-state index in [1.807, 2.05) is 19.1 Å². The number of anilines is 1. The van der Waals surface area contributed by atoms with Crippen LogP contribution in [0.15, 0.2) is 36.5 Å². The summed E-state index contributed by atoms with van der Waals surface area (Å²) in [4.78, 5) is 59.2. The molecule has 1 saturated carbocycles. The molecule has 0 N–H and O–H groups in total. The summed E-state index contributed by atoms with van der Waals surface area (Å²) in [6, 6.07) is 8.71. The molecule has 9 nitrogen and oxygen atoms in total. The lowest BCUT2D eigenvalue weighted by Crippen LogP contribution is -2.36. The molecule has 1 aromatic carbocycles. The van der Waals surface area contributed by atoms with Crippen LogP contribution in [0.1, 0.15) is 52.6 Å². The van der Waals surface area contributed by atoms with Crippen molar-refractivity contribution in [3.05, 3.63) is 53.3 Å². The normalized spacial score (nSPS) is 20.1. The molecule has 3 heterocycles. The van der Waals surface area contributed by atoms with Crippen LogP contribution < -0.4 is 9.64 Å². The third-order valence-corrected chi connectivity index (χ3v) is 7.06. The summed E-state index contributed by atoms with van der Waals surface area (Å²) in [7, 11) is 3.31. The number of rotatable bonds is 7. The quantitative estimate of drug-likeness (QED) is 0.569. The zero-order valence-electron chi connectivity index (χ0n) is 20.1. The summed E-state index contributed by atoms with van der Waals surface area (Å²) in [6.45, 7) is 2.80. The van der Waals surface area contributed by atoms with Gasteiger partial charge in [0, 0.05) is 50.3 Å². The molecule has 2 aliphatic heterocycles. The van der Waals surface area contributed by atoms with Gasteiger partial charge in [-0.25, -0.2) is 4.98 Å². The Hall–Kier alpha value is -3.75. The van der Waals surface area contributed by atoms with Gasteiger partial charge in [0.05, 0.1) is 6.20 Å². The second-order valence-electron chi connectivity index (χ2n) is 9.94. The highest BCUT2D eigenvalue weighted by Crippen LogP contribution is 2.47. The Morgan fingerprint density at radius 1 is 1.17 bits per heavy atom. The summed E-state index contributed by atoms with van der Waals surface area (Å²) in [5, 5.41) is 0. The van der Waals surface area contributed by atoms with Crippen LogP contribution in [0, 0.1) is 5.41 Å². The first-order valence-corrected chi connectivity index (χ1v) is 11.8. The number of carbonyl (C=O) groups is 4. The van der Waals surface area contributed by atoms with Crippen molar-refractivity contribution in [1.82, 2.24) is 14.8 Å². The lowest BCUT2D eigenvalue weighted by molar-refractivity contribution is -0.129. The molecule has 2 aromatic rings. The molecular weight excluding hydrogens is 448 g/mol. The average Bonchev–Trinajstić information content (AvgIpc) is 3.40. The van der Waals surface area contributed by atoms with E-state index in [0.29, 0.717) is 42.2 Å². The van der Waals surface area contributed by atoms with E-state index in [9.17, 15) is 19.2 Å². The molecule has 0 spiro atoms. The SMILES string of the molecule is CN(C)C(=O)CN1Cc2ccc(N3CC[C@@H](Oc4ccc(C(=O)C5(C)CC5)nc4)C3=O)cc2C1=O. The number of hydrogen-bond donors (Lipinski definition) is 0. The molecule has 35 heavy (non-hydrogen) atoms. The predicted molar refractivity (Wildman–Crippen MR) is 127 cm³/mol. The maximum atomic E-state index is 13.1. The summed E-state index contributed by atoms with van der Waals surface area (Å²) in [5.41, 5.74) is 2.12. The minimum Gasteiger partial charge on any atom is -0.479 e. The van der Waals surface area contributed by atoms with Crippen molar-refractivity contribution >= 4 is 29.2 Å². The van der Waals surface area contributed by atoms with Crippen LogP contribution in [0.3, 0.4) is 0 Å². The number of pyridine rings is 1. The number of Topliss-reactive ketones (excluding diaryl/α,β-unsaturated/α-hetero) is 1. The summed E-state index contributed by atoms with van der Waals surface area (Å²) in [6.07, 6.45) is 3.09. The van der Waals surface area contributed by atoms with E-state index in [1.54, 1.807) is 37.2 Å². The molecule has 0 bridgehead atoms. The van der Waals surface area contributed by atoms with Crippen molar-refractivity contribution in [1.29, 1.82) is 0 Å². The van der Waals surface area contributed by atoms with Crippen LogP contribution in [-0.4, -0.2) is 71.6 Å². The van der Waals surface area contributed by atoms with Gasteiger partial charge in [0.1, 0.15) is 18.0 Å². The smallest absolute Gasteiger partial charge is 0.268 e.